The zero-order valence-electron chi connectivity index (χ0n) is 15.4. The van der Waals surface area contributed by atoms with Gasteiger partial charge in [0.2, 0.25) is 10.0 Å². The van der Waals surface area contributed by atoms with Gasteiger partial charge in [0.05, 0.1) is 18.1 Å². The third-order valence-electron chi connectivity index (χ3n) is 5.23. The lowest BCUT2D eigenvalue weighted by Crippen LogP contribution is -2.41. The molecular formula is C19H28N2O4S. The lowest BCUT2D eigenvalue weighted by atomic mass is 10.1. The zero-order chi connectivity index (χ0) is 18.6. The van der Waals surface area contributed by atoms with Crippen molar-refractivity contribution in [3.8, 4) is 0 Å². The van der Waals surface area contributed by atoms with Gasteiger partial charge < -0.3 is 9.64 Å². The van der Waals surface area contributed by atoms with E-state index in [0.717, 1.165) is 31.2 Å². The van der Waals surface area contributed by atoms with Crippen LogP contribution in [0.15, 0.2) is 23.1 Å². The fraction of sp³-hybridized carbons (Fsp3) is 0.632. The predicted molar refractivity (Wildman–Crippen MR) is 99.7 cm³/mol. The Morgan fingerprint density at radius 2 is 1.77 bits per heavy atom. The van der Waals surface area contributed by atoms with Crippen molar-refractivity contribution in [3.05, 3.63) is 29.3 Å². The molecule has 7 heteroatoms. The summed E-state index contributed by atoms with van der Waals surface area (Å²) in [5.74, 6) is -0.127. The summed E-state index contributed by atoms with van der Waals surface area (Å²) < 4.78 is 33.8. The lowest BCUT2D eigenvalue weighted by molar-refractivity contribution is 0.0302. The molecule has 6 nitrogen and oxygen atoms in total. The number of amides is 1. The molecule has 1 heterocycles. The highest BCUT2D eigenvalue weighted by atomic mass is 32.2. The molecule has 2 aliphatic rings. The standard InChI is InChI=1S/C19H28N2O4S/c1-15-8-9-17(14-18(15)19(22)21-10-12-25-13-11-21)26(23,24)20-16-6-4-2-3-5-7-16/h8-9,14,16,20H,2-7,10-13H2,1H3. The molecule has 1 N–H and O–H groups in total. The third-order valence-corrected chi connectivity index (χ3v) is 6.74. The minimum Gasteiger partial charge on any atom is -0.378 e. The molecule has 1 aromatic rings. The maximum atomic E-state index is 12.8. The van der Waals surface area contributed by atoms with Crippen molar-refractivity contribution in [1.82, 2.24) is 9.62 Å². The highest BCUT2D eigenvalue weighted by molar-refractivity contribution is 7.89. The SMILES string of the molecule is Cc1ccc(S(=O)(=O)NC2CCCCCC2)cc1C(=O)N1CCOCC1. The molecule has 26 heavy (non-hydrogen) atoms. The number of rotatable bonds is 4. The largest absolute Gasteiger partial charge is 0.378 e. The van der Waals surface area contributed by atoms with Crippen LogP contribution in [0.5, 0.6) is 0 Å². The van der Waals surface area contributed by atoms with Crippen LogP contribution in [-0.2, 0) is 14.8 Å². The van der Waals surface area contributed by atoms with E-state index in [1.54, 1.807) is 17.0 Å². The van der Waals surface area contributed by atoms with Crippen LogP contribution in [-0.4, -0.2) is 51.6 Å². The van der Waals surface area contributed by atoms with E-state index in [2.05, 4.69) is 4.72 Å². The Hall–Kier alpha value is -1.44. The molecule has 1 saturated heterocycles. The van der Waals surface area contributed by atoms with Gasteiger partial charge in [0.25, 0.3) is 5.91 Å². The molecular weight excluding hydrogens is 352 g/mol. The number of nitrogens with zero attached hydrogens (tertiary/aromatic N) is 1. The van der Waals surface area contributed by atoms with E-state index in [9.17, 15) is 13.2 Å². The summed E-state index contributed by atoms with van der Waals surface area (Å²) in [5.41, 5.74) is 1.24. The predicted octanol–water partition coefficient (Wildman–Crippen LogP) is 2.47. The van der Waals surface area contributed by atoms with E-state index in [0.29, 0.717) is 31.9 Å². The number of aryl methyl sites for hydroxylation is 1. The Kier molecular flexibility index (Phi) is 6.32. The Bertz CT molecular complexity index is 734. The van der Waals surface area contributed by atoms with Crippen LogP contribution in [0.2, 0.25) is 0 Å². The molecule has 0 spiro atoms. The first kappa shape index (κ1) is 19.3. The highest BCUT2D eigenvalue weighted by Gasteiger charge is 2.25. The highest BCUT2D eigenvalue weighted by Crippen LogP contribution is 2.22. The second-order valence-corrected chi connectivity index (χ2v) is 8.91. The number of sulfonamides is 1. The molecule has 1 amide bonds. The first-order chi connectivity index (χ1) is 12.5. The number of morpholine rings is 1. The molecule has 2 fully saturated rings. The van der Waals surface area contributed by atoms with Crippen molar-refractivity contribution in [1.29, 1.82) is 0 Å². The summed E-state index contributed by atoms with van der Waals surface area (Å²) >= 11 is 0. The van der Waals surface area contributed by atoms with E-state index >= 15 is 0 Å². The second-order valence-electron chi connectivity index (χ2n) is 7.19. The Balaban J connectivity index is 1.80. The molecule has 1 aliphatic heterocycles. The van der Waals surface area contributed by atoms with E-state index in [-0.39, 0.29) is 16.8 Å². The fourth-order valence-corrected chi connectivity index (χ4v) is 4.95. The molecule has 0 aromatic heterocycles. The van der Waals surface area contributed by atoms with Gasteiger partial charge in [-0.15, -0.1) is 0 Å². The average molecular weight is 381 g/mol. The van der Waals surface area contributed by atoms with Crippen molar-refractivity contribution >= 4 is 15.9 Å². The normalized spacial score (nSPS) is 20.0. The smallest absolute Gasteiger partial charge is 0.254 e. The van der Waals surface area contributed by atoms with Crippen LogP contribution in [0.4, 0.5) is 0 Å². The van der Waals surface area contributed by atoms with E-state index in [4.69, 9.17) is 4.74 Å². The molecule has 144 valence electrons. The molecule has 1 aliphatic carbocycles. The van der Waals surface area contributed by atoms with Crippen LogP contribution in [0, 0.1) is 6.92 Å². The first-order valence-electron chi connectivity index (χ1n) is 9.47. The van der Waals surface area contributed by atoms with Crippen molar-refractivity contribution < 1.29 is 17.9 Å². The minimum absolute atomic E-state index is 0.0119. The van der Waals surface area contributed by atoms with Crippen LogP contribution in [0.25, 0.3) is 0 Å². The molecule has 0 radical (unpaired) electrons. The number of benzene rings is 1. The summed E-state index contributed by atoms with van der Waals surface area (Å²) in [5, 5.41) is 0. The number of nitrogens with one attached hydrogen (secondary N) is 1. The van der Waals surface area contributed by atoms with Gasteiger partial charge in [0.1, 0.15) is 0 Å². The van der Waals surface area contributed by atoms with Crippen molar-refractivity contribution in [3.63, 3.8) is 0 Å². The summed E-state index contributed by atoms with van der Waals surface area (Å²) in [7, 11) is -3.63. The molecule has 0 unspecified atom stereocenters. The van der Waals surface area contributed by atoms with Crippen LogP contribution in [0.3, 0.4) is 0 Å². The second kappa shape index (κ2) is 8.50. The van der Waals surface area contributed by atoms with Gasteiger partial charge in [-0.05, 0) is 37.5 Å². The monoisotopic (exact) mass is 380 g/mol. The van der Waals surface area contributed by atoms with Gasteiger partial charge in [-0.1, -0.05) is 31.7 Å². The van der Waals surface area contributed by atoms with E-state index < -0.39 is 10.0 Å². The fourth-order valence-electron chi connectivity index (χ4n) is 3.62. The summed E-state index contributed by atoms with van der Waals surface area (Å²) in [6.07, 6.45) is 6.21. The lowest BCUT2D eigenvalue weighted by Gasteiger charge is -2.27. The van der Waals surface area contributed by atoms with Crippen LogP contribution < -0.4 is 4.72 Å². The number of carbonyl (C=O) groups excluding carboxylic acids is 1. The number of ether oxygens (including phenoxy) is 1. The van der Waals surface area contributed by atoms with Gasteiger partial charge in [-0.2, -0.15) is 0 Å². The third kappa shape index (κ3) is 4.64. The molecule has 0 bridgehead atoms. The van der Waals surface area contributed by atoms with Gasteiger partial charge in [0.15, 0.2) is 0 Å². The van der Waals surface area contributed by atoms with Gasteiger partial charge in [-0.3, -0.25) is 4.79 Å². The molecule has 1 aromatic carbocycles. The quantitative estimate of drug-likeness (QED) is 0.814. The zero-order valence-corrected chi connectivity index (χ0v) is 16.2. The van der Waals surface area contributed by atoms with Crippen LogP contribution in [0.1, 0.15) is 54.4 Å². The van der Waals surface area contributed by atoms with E-state index in [1.807, 2.05) is 6.92 Å². The maximum absolute atomic E-state index is 12.8. The number of hydrogen-bond acceptors (Lipinski definition) is 4. The van der Waals surface area contributed by atoms with Gasteiger partial charge in [0, 0.05) is 24.7 Å². The summed E-state index contributed by atoms with van der Waals surface area (Å²) in [6.45, 7) is 3.95. The van der Waals surface area contributed by atoms with Crippen LogP contribution >= 0.6 is 0 Å². The topological polar surface area (TPSA) is 75.7 Å². The molecule has 0 atom stereocenters. The first-order valence-corrected chi connectivity index (χ1v) is 11.0. The van der Waals surface area contributed by atoms with Crippen molar-refractivity contribution in [2.45, 2.75) is 56.4 Å². The number of hydrogen-bond donors (Lipinski definition) is 1. The summed E-state index contributed by atoms with van der Waals surface area (Å²) in [6, 6.07) is 4.81. The Morgan fingerprint density at radius 3 is 2.42 bits per heavy atom. The van der Waals surface area contributed by atoms with Crippen molar-refractivity contribution in [2.24, 2.45) is 0 Å². The molecule has 3 rings (SSSR count). The van der Waals surface area contributed by atoms with Gasteiger partial charge in [-0.25, -0.2) is 13.1 Å². The minimum atomic E-state index is -3.63. The Labute approximate surface area is 156 Å². The van der Waals surface area contributed by atoms with Gasteiger partial charge >= 0.3 is 0 Å². The maximum Gasteiger partial charge on any atom is 0.254 e. The number of carbonyl (C=O) groups is 1. The van der Waals surface area contributed by atoms with E-state index in [1.165, 1.54) is 18.9 Å². The average Bonchev–Trinajstić information content (AvgIpc) is 2.90. The summed E-state index contributed by atoms with van der Waals surface area (Å²) in [4.78, 5) is 14.7. The molecule has 1 saturated carbocycles. The Morgan fingerprint density at radius 1 is 1.12 bits per heavy atom. The van der Waals surface area contributed by atoms with Crippen molar-refractivity contribution in [2.75, 3.05) is 26.3 Å².